The number of likely N-dealkylation sites (tertiary alicyclic amines) is 1. The first kappa shape index (κ1) is 26.9. The zero-order chi connectivity index (χ0) is 22.1. The molecular weight excluding hydrogens is 517 g/mol. The third-order valence-electron chi connectivity index (χ3n) is 6.36. The Morgan fingerprint density at radius 3 is 2.50 bits per heavy atom. The Bertz CT molecular complexity index is 737. The minimum absolute atomic E-state index is 0. The molecule has 1 heterocycles. The van der Waals surface area contributed by atoms with Crippen molar-refractivity contribution in [3.8, 4) is 0 Å². The second kappa shape index (κ2) is 14.0. The smallest absolute Gasteiger partial charge is 0.241 e. The maximum atomic E-state index is 12.1. The van der Waals surface area contributed by atoms with Gasteiger partial charge in [0.2, 0.25) is 5.91 Å². The maximum absolute atomic E-state index is 12.1. The average Bonchev–Trinajstić information content (AvgIpc) is 3.19. The molecule has 3 rings (SSSR count). The summed E-state index contributed by atoms with van der Waals surface area (Å²) in [5.41, 5.74) is 2.43. The van der Waals surface area contributed by atoms with Crippen molar-refractivity contribution >= 4 is 35.8 Å². The van der Waals surface area contributed by atoms with E-state index in [1.54, 1.807) is 19.0 Å². The number of carbonyl (C=O) groups excluding carboxylic acids is 1. The van der Waals surface area contributed by atoms with Gasteiger partial charge in [-0.3, -0.25) is 9.69 Å². The van der Waals surface area contributed by atoms with Crippen LogP contribution in [0.4, 0.5) is 0 Å². The molecule has 1 aromatic rings. The summed E-state index contributed by atoms with van der Waals surface area (Å²) in [5.74, 6) is 1.41. The summed E-state index contributed by atoms with van der Waals surface area (Å²) in [7, 11) is 3.53. The first-order valence-electron chi connectivity index (χ1n) is 11.7. The number of hydrogen-bond donors (Lipinski definition) is 3. The Labute approximate surface area is 210 Å². The van der Waals surface area contributed by atoms with Gasteiger partial charge in [0.05, 0.1) is 19.2 Å². The van der Waals surface area contributed by atoms with E-state index in [9.17, 15) is 9.90 Å². The maximum Gasteiger partial charge on any atom is 0.241 e. The van der Waals surface area contributed by atoms with Crippen LogP contribution in [0.25, 0.3) is 0 Å². The number of likely N-dealkylation sites (N-methyl/N-ethyl adjacent to an activating group) is 1. The number of carbonyl (C=O) groups is 1. The van der Waals surface area contributed by atoms with Crippen LogP contribution in [0.5, 0.6) is 0 Å². The van der Waals surface area contributed by atoms with Crippen LogP contribution in [-0.2, 0) is 17.9 Å². The molecule has 1 aromatic carbocycles. The molecule has 1 atom stereocenters. The molecular formula is C24H40IN5O2. The third kappa shape index (κ3) is 8.86. The number of amides is 1. The number of halogens is 1. The highest BCUT2D eigenvalue weighted by molar-refractivity contribution is 14.0. The zero-order valence-electron chi connectivity index (χ0n) is 19.6. The first-order valence-corrected chi connectivity index (χ1v) is 11.7. The summed E-state index contributed by atoms with van der Waals surface area (Å²) in [6.45, 7) is 4.19. The number of β-amino-alcohol motifs (C(OH)–C–C–N with tert-alkyl or cyclic N) is 1. The largest absolute Gasteiger partial charge is 0.392 e. The molecule has 2 fully saturated rings. The molecule has 3 N–H and O–H groups in total. The van der Waals surface area contributed by atoms with Crippen LogP contribution in [-0.4, -0.2) is 73.2 Å². The van der Waals surface area contributed by atoms with Gasteiger partial charge in [0.1, 0.15) is 0 Å². The quantitative estimate of drug-likeness (QED) is 0.260. The van der Waals surface area contributed by atoms with Gasteiger partial charge in [-0.2, -0.15) is 0 Å². The van der Waals surface area contributed by atoms with Gasteiger partial charge in [0, 0.05) is 40.3 Å². The second-order valence-corrected chi connectivity index (χ2v) is 9.14. The van der Waals surface area contributed by atoms with E-state index in [1.807, 2.05) is 6.07 Å². The summed E-state index contributed by atoms with van der Waals surface area (Å²) in [4.78, 5) is 20.8. The fraction of sp³-hybridized carbons (Fsp3) is 0.667. The third-order valence-corrected chi connectivity index (χ3v) is 6.36. The standard InChI is InChI=1S/C24H39N5O2.HI/c1-28(2)23(31)16-27-24(25-14-19-8-4-3-5-9-19)26-15-20-10-6-7-11-21(20)17-29-13-12-22(30)18-29;/h6-7,10-11,19,22,30H,3-5,8-9,12-18H2,1-2H3,(H2,25,26,27);1H. The van der Waals surface area contributed by atoms with Gasteiger partial charge in [-0.05, 0) is 36.3 Å². The lowest BCUT2D eigenvalue weighted by Crippen LogP contribution is -2.44. The number of nitrogens with one attached hydrogen (secondary N) is 2. The van der Waals surface area contributed by atoms with Crippen molar-refractivity contribution in [2.75, 3.05) is 40.3 Å². The molecule has 32 heavy (non-hydrogen) atoms. The Balaban J connectivity index is 0.00000363. The van der Waals surface area contributed by atoms with Crippen LogP contribution in [0.15, 0.2) is 29.3 Å². The highest BCUT2D eigenvalue weighted by Crippen LogP contribution is 2.22. The predicted octanol–water partition coefficient (Wildman–Crippen LogP) is 2.57. The molecule has 7 nitrogen and oxygen atoms in total. The van der Waals surface area contributed by atoms with Crippen LogP contribution in [0.1, 0.15) is 49.7 Å². The number of hydrogen-bond acceptors (Lipinski definition) is 4. The average molecular weight is 558 g/mol. The van der Waals surface area contributed by atoms with Crippen LogP contribution in [0, 0.1) is 5.92 Å². The van der Waals surface area contributed by atoms with E-state index in [1.165, 1.54) is 43.2 Å². The molecule has 2 aliphatic rings. The number of aliphatic hydroxyl groups excluding tert-OH is 1. The lowest BCUT2D eigenvalue weighted by molar-refractivity contribution is -0.127. The lowest BCUT2D eigenvalue weighted by Gasteiger charge is -2.23. The van der Waals surface area contributed by atoms with Gasteiger partial charge < -0.3 is 20.6 Å². The van der Waals surface area contributed by atoms with Gasteiger partial charge >= 0.3 is 0 Å². The number of benzene rings is 1. The highest BCUT2D eigenvalue weighted by atomic mass is 127. The molecule has 1 amide bonds. The number of aliphatic imine (C=N–C) groups is 1. The van der Waals surface area contributed by atoms with E-state index in [0.717, 1.165) is 32.6 Å². The van der Waals surface area contributed by atoms with Crippen molar-refractivity contribution in [2.45, 2.75) is 57.7 Å². The summed E-state index contributed by atoms with van der Waals surface area (Å²) in [6.07, 6.45) is 7.13. The van der Waals surface area contributed by atoms with Gasteiger partial charge in [-0.25, -0.2) is 4.99 Å². The van der Waals surface area contributed by atoms with E-state index < -0.39 is 0 Å². The van der Waals surface area contributed by atoms with Crippen molar-refractivity contribution in [3.63, 3.8) is 0 Å². The second-order valence-electron chi connectivity index (χ2n) is 9.14. The Hall–Kier alpha value is -1.39. The van der Waals surface area contributed by atoms with Crippen molar-refractivity contribution in [2.24, 2.45) is 10.9 Å². The van der Waals surface area contributed by atoms with Crippen molar-refractivity contribution in [1.29, 1.82) is 0 Å². The molecule has 1 aliphatic heterocycles. The fourth-order valence-corrected chi connectivity index (χ4v) is 4.35. The van der Waals surface area contributed by atoms with Gasteiger partial charge in [-0.15, -0.1) is 24.0 Å². The van der Waals surface area contributed by atoms with E-state index in [4.69, 9.17) is 4.99 Å². The summed E-state index contributed by atoms with van der Waals surface area (Å²) in [5, 5.41) is 16.5. The zero-order valence-corrected chi connectivity index (χ0v) is 21.9. The van der Waals surface area contributed by atoms with Crippen LogP contribution in [0.3, 0.4) is 0 Å². The van der Waals surface area contributed by atoms with Crippen molar-refractivity contribution in [3.05, 3.63) is 35.4 Å². The lowest BCUT2D eigenvalue weighted by atomic mass is 9.89. The molecule has 180 valence electrons. The highest BCUT2D eigenvalue weighted by Gasteiger charge is 2.20. The summed E-state index contributed by atoms with van der Waals surface area (Å²) >= 11 is 0. The molecule has 0 spiro atoms. The van der Waals surface area contributed by atoms with E-state index in [2.05, 4.69) is 33.7 Å². The number of aliphatic hydroxyl groups is 1. The fourth-order valence-electron chi connectivity index (χ4n) is 4.35. The SMILES string of the molecule is CN(C)C(=O)CNC(=NCc1ccccc1CN1CCC(O)C1)NCC1CCCCC1.I. The summed E-state index contributed by atoms with van der Waals surface area (Å²) in [6, 6.07) is 8.37. The Morgan fingerprint density at radius 2 is 1.84 bits per heavy atom. The van der Waals surface area contributed by atoms with Crippen LogP contribution < -0.4 is 10.6 Å². The Morgan fingerprint density at radius 1 is 1.12 bits per heavy atom. The summed E-state index contributed by atoms with van der Waals surface area (Å²) < 4.78 is 0. The number of guanidine groups is 1. The Kier molecular flexibility index (Phi) is 11.7. The number of rotatable bonds is 8. The van der Waals surface area contributed by atoms with E-state index in [0.29, 0.717) is 18.4 Å². The van der Waals surface area contributed by atoms with Gasteiger partial charge in [0.25, 0.3) is 0 Å². The molecule has 1 saturated heterocycles. The van der Waals surface area contributed by atoms with Gasteiger partial charge in [-0.1, -0.05) is 43.5 Å². The van der Waals surface area contributed by atoms with Crippen LogP contribution >= 0.6 is 24.0 Å². The van der Waals surface area contributed by atoms with E-state index >= 15 is 0 Å². The van der Waals surface area contributed by atoms with Gasteiger partial charge in [0.15, 0.2) is 5.96 Å². The minimum Gasteiger partial charge on any atom is -0.392 e. The molecule has 1 aliphatic carbocycles. The normalized spacial score (nSPS) is 20.0. The molecule has 1 unspecified atom stereocenters. The topological polar surface area (TPSA) is 80.2 Å². The van der Waals surface area contributed by atoms with Crippen molar-refractivity contribution < 1.29 is 9.90 Å². The monoisotopic (exact) mass is 557 g/mol. The molecule has 0 bridgehead atoms. The van der Waals surface area contributed by atoms with E-state index in [-0.39, 0.29) is 42.5 Å². The minimum atomic E-state index is -0.209. The first-order chi connectivity index (χ1) is 15.0. The molecule has 8 heteroatoms. The molecule has 1 saturated carbocycles. The van der Waals surface area contributed by atoms with Crippen molar-refractivity contribution in [1.82, 2.24) is 20.4 Å². The molecule has 0 radical (unpaired) electrons. The predicted molar refractivity (Wildman–Crippen MR) is 140 cm³/mol. The molecule has 0 aromatic heterocycles. The number of nitrogens with zero attached hydrogens (tertiary/aromatic N) is 3. The van der Waals surface area contributed by atoms with Crippen LogP contribution in [0.2, 0.25) is 0 Å².